The van der Waals surface area contributed by atoms with Gasteiger partial charge in [0.25, 0.3) is 5.91 Å². The minimum atomic E-state index is -3.74. The first-order chi connectivity index (χ1) is 13.3. The summed E-state index contributed by atoms with van der Waals surface area (Å²) in [5.74, 6) is -1.82. The van der Waals surface area contributed by atoms with Gasteiger partial charge in [-0.2, -0.15) is 4.31 Å². The number of halogens is 1. The Balaban J connectivity index is 1.72. The van der Waals surface area contributed by atoms with Crippen molar-refractivity contribution in [3.8, 4) is 0 Å². The fraction of sp³-hybridized carbons (Fsp3) is 0.500. The summed E-state index contributed by atoms with van der Waals surface area (Å²) in [6, 6.07) is 3.83. The van der Waals surface area contributed by atoms with E-state index in [-0.39, 0.29) is 21.4 Å². The average Bonchev–Trinajstić information content (AvgIpc) is 3.12. The van der Waals surface area contributed by atoms with Gasteiger partial charge in [-0.15, -0.1) is 0 Å². The van der Waals surface area contributed by atoms with Gasteiger partial charge in [-0.25, -0.2) is 13.2 Å². The van der Waals surface area contributed by atoms with E-state index in [2.05, 4.69) is 0 Å². The first kappa shape index (κ1) is 20.8. The Morgan fingerprint density at radius 3 is 2.43 bits per heavy atom. The van der Waals surface area contributed by atoms with E-state index in [1.54, 1.807) is 0 Å². The third kappa shape index (κ3) is 4.37. The molecule has 0 radical (unpaired) electrons. The zero-order valence-corrected chi connectivity index (χ0v) is 16.8. The maximum absolute atomic E-state index is 12.8. The molecule has 1 aromatic rings. The van der Waals surface area contributed by atoms with Gasteiger partial charge in [0.2, 0.25) is 15.9 Å². The zero-order chi connectivity index (χ0) is 20.3. The number of hydrogen-bond donors (Lipinski definition) is 0. The normalized spacial score (nSPS) is 18.3. The van der Waals surface area contributed by atoms with Crippen LogP contribution in [0.5, 0.6) is 0 Å². The maximum Gasteiger partial charge on any atom is 0.340 e. The minimum Gasteiger partial charge on any atom is -0.452 e. The highest BCUT2D eigenvalue weighted by molar-refractivity contribution is 7.89. The van der Waals surface area contributed by atoms with Crippen LogP contribution in [0.2, 0.25) is 5.02 Å². The first-order valence-corrected chi connectivity index (χ1v) is 10.9. The monoisotopic (exact) mass is 428 g/mol. The lowest BCUT2D eigenvalue weighted by molar-refractivity contribution is -0.143. The van der Waals surface area contributed by atoms with Gasteiger partial charge in [0.05, 0.1) is 15.5 Å². The summed E-state index contributed by atoms with van der Waals surface area (Å²) in [5, 5.41) is 0.0206. The molecule has 8 nitrogen and oxygen atoms in total. The molecule has 2 fully saturated rings. The average molecular weight is 429 g/mol. The van der Waals surface area contributed by atoms with Crippen LogP contribution in [-0.4, -0.2) is 61.6 Å². The largest absolute Gasteiger partial charge is 0.452 e. The number of likely N-dealkylation sites (tertiary alicyclic amines) is 1. The van der Waals surface area contributed by atoms with Crippen LogP contribution >= 0.6 is 11.6 Å². The summed E-state index contributed by atoms with van der Waals surface area (Å²) in [5.41, 5.74) is -0.139. The number of esters is 1. The minimum absolute atomic E-state index is 0.0206. The van der Waals surface area contributed by atoms with Crippen molar-refractivity contribution in [2.45, 2.75) is 37.0 Å². The Bertz CT molecular complexity index is 895. The third-order valence-corrected chi connectivity index (χ3v) is 7.04. The summed E-state index contributed by atoms with van der Waals surface area (Å²) in [4.78, 5) is 36.9. The van der Waals surface area contributed by atoms with Crippen LogP contribution < -0.4 is 0 Å². The van der Waals surface area contributed by atoms with E-state index in [9.17, 15) is 22.8 Å². The number of ether oxygens (including phenoxy) is 1. The van der Waals surface area contributed by atoms with Crippen LogP contribution in [0.25, 0.3) is 0 Å². The topological polar surface area (TPSA) is 101 Å². The van der Waals surface area contributed by atoms with E-state index in [4.69, 9.17) is 16.3 Å². The first-order valence-electron chi connectivity index (χ1n) is 9.11. The number of nitrogens with zero attached hydrogens (tertiary/aromatic N) is 2. The van der Waals surface area contributed by atoms with E-state index in [1.807, 2.05) is 0 Å². The molecule has 2 heterocycles. The van der Waals surface area contributed by atoms with Crippen molar-refractivity contribution < 1.29 is 27.5 Å². The molecule has 28 heavy (non-hydrogen) atoms. The summed E-state index contributed by atoms with van der Waals surface area (Å²) >= 11 is 6.03. The second-order valence-corrected chi connectivity index (χ2v) is 9.07. The highest BCUT2D eigenvalue weighted by atomic mass is 35.5. The smallest absolute Gasteiger partial charge is 0.340 e. The Morgan fingerprint density at radius 1 is 1.07 bits per heavy atom. The number of piperidine rings is 1. The quantitative estimate of drug-likeness (QED) is 0.663. The van der Waals surface area contributed by atoms with Crippen LogP contribution in [0.1, 0.15) is 42.5 Å². The highest BCUT2D eigenvalue weighted by Crippen LogP contribution is 2.25. The van der Waals surface area contributed by atoms with E-state index in [1.165, 1.54) is 22.5 Å². The second kappa shape index (κ2) is 8.59. The Labute approximate surface area is 168 Å². The lowest BCUT2D eigenvalue weighted by atomic mass is 10.2. The second-order valence-electron chi connectivity index (χ2n) is 6.73. The van der Waals surface area contributed by atoms with Crippen molar-refractivity contribution in [3.63, 3.8) is 0 Å². The van der Waals surface area contributed by atoms with E-state index < -0.39 is 28.5 Å². The van der Waals surface area contributed by atoms with E-state index in [0.29, 0.717) is 32.5 Å². The number of hydrogen-bond acceptors (Lipinski definition) is 6. The Hall–Kier alpha value is -1.97. The molecule has 2 saturated heterocycles. The fourth-order valence-electron chi connectivity index (χ4n) is 3.27. The lowest BCUT2D eigenvalue weighted by Crippen LogP contribution is -2.36. The van der Waals surface area contributed by atoms with Crippen molar-refractivity contribution in [1.29, 1.82) is 0 Å². The lowest BCUT2D eigenvalue weighted by Gasteiger charge is -2.26. The van der Waals surface area contributed by atoms with Crippen molar-refractivity contribution in [3.05, 3.63) is 28.8 Å². The number of imide groups is 1. The number of carbonyl (C=O) groups excluding carboxylic acids is 3. The highest BCUT2D eigenvalue weighted by Gasteiger charge is 2.29. The summed E-state index contributed by atoms with van der Waals surface area (Å²) in [7, 11) is -3.74. The fourth-order valence-corrected chi connectivity index (χ4v) is 5.01. The molecule has 0 aliphatic carbocycles. The van der Waals surface area contributed by atoms with Gasteiger partial charge < -0.3 is 4.74 Å². The zero-order valence-electron chi connectivity index (χ0n) is 15.2. The van der Waals surface area contributed by atoms with Crippen molar-refractivity contribution >= 4 is 39.4 Å². The van der Waals surface area contributed by atoms with Gasteiger partial charge in [0.1, 0.15) is 0 Å². The molecule has 0 spiro atoms. The van der Waals surface area contributed by atoms with Gasteiger partial charge in [0.15, 0.2) is 6.61 Å². The van der Waals surface area contributed by atoms with Crippen molar-refractivity contribution in [2.24, 2.45) is 0 Å². The number of sulfonamides is 1. The molecule has 3 rings (SSSR count). The predicted molar refractivity (Wildman–Crippen MR) is 100 cm³/mol. The van der Waals surface area contributed by atoms with Crippen LogP contribution in [0, 0.1) is 0 Å². The number of benzene rings is 1. The molecule has 0 N–H and O–H groups in total. The van der Waals surface area contributed by atoms with Crippen molar-refractivity contribution in [1.82, 2.24) is 9.21 Å². The van der Waals surface area contributed by atoms with Gasteiger partial charge in [-0.1, -0.05) is 18.0 Å². The van der Waals surface area contributed by atoms with E-state index in [0.717, 1.165) is 24.2 Å². The molecule has 152 valence electrons. The SMILES string of the molecule is O=C(OCC(=O)N1CCCC1=O)c1cc(S(=O)(=O)N2CCCCC2)ccc1Cl. The molecular weight excluding hydrogens is 408 g/mol. The Kier molecular flexibility index (Phi) is 6.36. The van der Waals surface area contributed by atoms with Gasteiger partial charge in [0, 0.05) is 26.1 Å². The summed E-state index contributed by atoms with van der Waals surface area (Å²) in [6.07, 6.45) is 3.44. The molecule has 0 bridgehead atoms. The molecule has 0 aromatic heterocycles. The van der Waals surface area contributed by atoms with Crippen LogP contribution in [0.15, 0.2) is 23.1 Å². The number of amides is 2. The van der Waals surface area contributed by atoms with Crippen LogP contribution in [0.4, 0.5) is 0 Å². The predicted octanol–water partition coefficient (Wildman–Crippen LogP) is 1.82. The molecule has 0 atom stereocenters. The van der Waals surface area contributed by atoms with Gasteiger partial charge >= 0.3 is 5.97 Å². The third-order valence-electron chi connectivity index (χ3n) is 4.81. The summed E-state index contributed by atoms with van der Waals surface area (Å²) < 4.78 is 31.9. The van der Waals surface area contributed by atoms with Gasteiger partial charge in [-0.05, 0) is 37.5 Å². The molecule has 2 amide bonds. The summed E-state index contributed by atoms with van der Waals surface area (Å²) in [6.45, 7) is 0.565. The van der Waals surface area contributed by atoms with Crippen molar-refractivity contribution in [2.75, 3.05) is 26.2 Å². The maximum atomic E-state index is 12.8. The van der Waals surface area contributed by atoms with Gasteiger partial charge in [-0.3, -0.25) is 14.5 Å². The molecular formula is C18H21ClN2O6S. The van der Waals surface area contributed by atoms with Crippen LogP contribution in [-0.2, 0) is 24.3 Å². The van der Waals surface area contributed by atoms with E-state index >= 15 is 0 Å². The van der Waals surface area contributed by atoms with Crippen LogP contribution in [0.3, 0.4) is 0 Å². The molecule has 0 unspecified atom stereocenters. The number of rotatable bonds is 5. The molecule has 1 aromatic carbocycles. The number of carbonyl (C=O) groups is 3. The standard InChI is InChI=1S/C18H21ClN2O6S/c19-15-7-6-13(28(25,26)20-8-2-1-3-9-20)11-14(15)18(24)27-12-17(23)21-10-4-5-16(21)22/h6-7,11H,1-5,8-10,12H2. The molecule has 10 heteroatoms. The Morgan fingerprint density at radius 2 is 1.79 bits per heavy atom. The molecule has 2 aliphatic rings. The molecule has 0 saturated carbocycles. The molecule has 2 aliphatic heterocycles.